The molecule has 0 saturated heterocycles. The summed E-state index contributed by atoms with van der Waals surface area (Å²) >= 11 is 0. The smallest absolute Gasteiger partial charge is 0.00957 e. The van der Waals surface area contributed by atoms with Crippen molar-refractivity contribution in [2.24, 2.45) is 17.8 Å². The van der Waals surface area contributed by atoms with Gasteiger partial charge in [-0.2, -0.15) is 0 Å². The highest BCUT2D eigenvalue weighted by Crippen LogP contribution is 2.35. The number of hydrogen-bond donors (Lipinski definition) is 1. The molecule has 1 N–H and O–H groups in total. The summed E-state index contributed by atoms with van der Waals surface area (Å²) < 4.78 is 0. The molecule has 0 spiro atoms. The van der Waals surface area contributed by atoms with E-state index in [-0.39, 0.29) is 0 Å². The lowest BCUT2D eigenvalue weighted by molar-refractivity contribution is 0.173. The summed E-state index contributed by atoms with van der Waals surface area (Å²) in [4.78, 5) is 0. The Morgan fingerprint density at radius 1 is 1.05 bits per heavy atom. The Morgan fingerprint density at radius 2 is 1.71 bits per heavy atom. The van der Waals surface area contributed by atoms with E-state index in [0.29, 0.717) is 12.0 Å². The lowest BCUT2D eigenvalue weighted by atomic mass is 9.71. The van der Waals surface area contributed by atoms with Crippen LogP contribution in [-0.2, 0) is 6.42 Å². The molecule has 3 unspecified atom stereocenters. The lowest BCUT2D eigenvalue weighted by Crippen LogP contribution is -2.40. The summed E-state index contributed by atoms with van der Waals surface area (Å²) in [6.07, 6.45) is 5.35. The average molecular weight is 287 g/mol. The maximum Gasteiger partial charge on any atom is 0.00957 e. The van der Waals surface area contributed by atoms with Gasteiger partial charge in [-0.3, -0.25) is 0 Å². The highest BCUT2D eigenvalue weighted by Gasteiger charge is 2.30. The van der Waals surface area contributed by atoms with Gasteiger partial charge in [0.2, 0.25) is 0 Å². The fraction of sp³-hybridized carbons (Fsp3) is 0.700. The first-order valence-corrected chi connectivity index (χ1v) is 8.77. The SMILES string of the molecule is CNC1CCC(C(C)C)CC1Cc1ccc(C(C)C)cc1. The number of rotatable bonds is 5. The Balaban J connectivity index is 2.03. The molecule has 1 aliphatic carbocycles. The molecule has 3 atom stereocenters. The molecule has 2 rings (SSSR count). The fourth-order valence-electron chi connectivity index (χ4n) is 3.85. The van der Waals surface area contributed by atoms with Gasteiger partial charge >= 0.3 is 0 Å². The molecule has 1 saturated carbocycles. The molecule has 1 aromatic rings. The van der Waals surface area contributed by atoms with Crippen LogP contribution in [0.15, 0.2) is 24.3 Å². The summed E-state index contributed by atoms with van der Waals surface area (Å²) in [7, 11) is 2.13. The van der Waals surface area contributed by atoms with Gasteiger partial charge in [-0.15, -0.1) is 0 Å². The van der Waals surface area contributed by atoms with Crippen LogP contribution in [0.2, 0.25) is 0 Å². The largest absolute Gasteiger partial charge is 0.317 e. The molecule has 0 amide bonds. The predicted octanol–water partition coefficient (Wildman–Crippen LogP) is 5.01. The van der Waals surface area contributed by atoms with Crippen LogP contribution in [0.1, 0.15) is 64.0 Å². The zero-order chi connectivity index (χ0) is 15.4. The van der Waals surface area contributed by atoms with Crippen molar-refractivity contribution in [2.45, 2.75) is 65.3 Å². The Labute approximate surface area is 131 Å². The van der Waals surface area contributed by atoms with E-state index in [2.05, 4.69) is 64.3 Å². The minimum absolute atomic E-state index is 0.629. The normalized spacial score (nSPS) is 26.5. The van der Waals surface area contributed by atoms with Gasteiger partial charge in [0.25, 0.3) is 0 Å². The minimum atomic E-state index is 0.629. The van der Waals surface area contributed by atoms with Crippen LogP contribution in [-0.4, -0.2) is 13.1 Å². The Bertz CT molecular complexity index is 418. The van der Waals surface area contributed by atoms with Gasteiger partial charge in [0, 0.05) is 6.04 Å². The maximum absolute atomic E-state index is 3.56. The van der Waals surface area contributed by atoms with E-state index in [0.717, 1.165) is 17.8 Å². The molecule has 1 aliphatic rings. The van der Waals surface area contributed by atoms with E-state index in [1.54, 1.807) is 0 Å². The molecule has 0 radical (unpaired) electrons. The lowest BCUT2D eigenvalue weighted by Gasteiger charge is -2.38. The molecule has 0 aliphatic heterocycles. The van der Waals surface area contributed by atoms with Crippen molar-refractivity contribution in [3.8, 4) is 0 Å². The zero-order valence-electron chi connectivity index (χ0n) is 14.5. The Morgan fingerprint density at radius 3 is 2.24 bits per heavy atom. The quantitative estimate of drug-likeness (QED) is 0.802. The first-order chi connectivity index (χ1) is 10.0. The fourth-order valence-corrected chi connectivity index (χ4v) is 3.85. The summed E-state index contributed by atoms with van der Waals surface area (Å²) in [5.41, 5.74) is 2.96. The van der Waals surface area contributed by atoms with Gasteiger partial charge in [0.15, 0.2) is 0 Å². The maximum atomic E-state index is 3.56. The van der Waals surface area contributed by atoms with E-state index < -0.39 is 0 Å². The third-order valence-corrected chi connectivity index (χ3v) is 5.48. The highest BCUT2D eigenvalue weighted by atomic mass is 14.9. The standard InChI is InChI=1S/C20H33N/c1-14(2)17-8-6-16(7-9-17)12-19-13-18(15(3)4)10-11-20(19)21-5/h6-9,14-15,18-21H,10-13H2,1-5H3. The number of hydrogen-bond acceptors (Lipinski definition) is 1. The monoisotopic (exact) mass is 287 g/mol. The van der Waals surface area contributed by atoms with E-state index in [1.165, 1.54) is 36.8 Å². The molecular formula is C20H33N. The molecule has 0 bridgehead atoms. The van der Waals surface area contributed by atoms with Crippen LogP contribution < -0.4 is 5.32 Å². The van der Waals surface area contributed by atoms with Crippen LogP contribution in [0.25, 0.3) is 0 Å². The molecule has 1 heteroatoms. The van der Waals surface area contributed by atoms with Gasteiger partial charge < -0.3 is 5.32 Å². The summed E-state index contributed by atoms with van der Waals surface area (Å²) in [6.45, 7) is 9.30. The molecule has 118 valence electrons. The second kappa shape index (κ2) is 7.45. The first-order valence-electron chi connectivity index (χ1n) is 8.77. The third kappa shape index (κ3) is 4.32. The van der Waals surface area contributed by atoms with E-state index in [1.807, 2.05) is 0 Å². The average Bonchev–Trinajstić information content (AvgIpc) is 2.47. The van der Waals surface area contributed by atoms with E-state index >= 15 is 0 Å². The third-order valence-electron chi connectivity index (χ3n) is 5.48. The minimum Gasteiger partial charge on any atom is -0.317 e. The van der Waals surface area contributed by atoms with E-state index in [9.17, 15) is 0 Å². The van der Waals surface area contributed by atoms with Crippen LogP contribution in [0, 0.1) is 17.8 Å². The molecule has 1 nitrogen and oxygen atoms in total. The molecule has 1 fully saturated rings. The molecule has 1 aromatic carbocycles. The molecule has 21 heavy (non-hydrogen) atoms. The highest BCUT2D eigenvalue weighted by molar-refractivity contribution is 5.25. The van der Waals surface area contributed by atoms with Crippen molar-refractivity contribution in [1.82, 2.24) is 5.32 Å². The van der Waals surface area contributed by atoms with Crippen molar-refractivity contribution >= 4 is 0 Å². The van der Waals surface area contributed by atoms with Crippen LogP contribution in [0.3, 0.4) is 0 Å². The van der Waals surface area contributed by atoms with Crippen molar-refractivity contribution in [3.63, 3.8) is 0 Å². The molecular weight excluding hydrogens is 254 g/mol. The van der Waals surface area contributed by atoms with E-state index in [4.69, 9.17) is 0 Å². The van der Waals surface area contributed by atoms with Crippen LogP contribution in [0.4, 0.5) is 0 Å². The number of nitrogens with one attached hydrogen (secondary N) is 1. The van der Waals surface area contributed by atoms with Crippen molar-refractivity contribution < 1.29 is 0 Å². The first kappa shape index (κ1) is 16.5. The predicted molar refractivity (Wildman–Crippen MR) is 92.8 cm³/mol. The topological polar surface area (TPSA) is 12.0 Å². The van der Waals surface area contributed by atoms with Crippen molar-refractivity contribution in [3.05, 3.63) is 35.4 Å². The summed E-state index contributed by atoms with van der Waals surface area (Å²) in [5, 5.41) is 3.56. The molecule has 0 aromatic heterocycles. The summed E-state index contributed by atoms with van der Waals surface area (Å²) in [6, 6.07) is 10.0. The molecule has 0 heterocycles. The van der Waals surface area contributed by atoms with Gasteiger partial charge in [0.1, 0.15) is 0 Å². The van der Waals surface area contributed by atoms with Gasteiger partial charge in [-0.05, 0) is 67.5 Å². The van der Waals surface area contributed by atoms with Gasteiger partial charge in [-0.1, -0.05) is 52.0 Å². The Hall–Kier alpha value is -0.820. The van der Waals surface area contributed by atoms with Gasteiger partial charge in [-0.25, -0.2) is 0 Å². The van der Waals surface area contributed by atoms with Gasteiger partial charge in [0.05, 0.1) is 0 Å². The number of benzene rings is 1. The van der Waals surface area contributed by atoms with Crippen molar-refractivity contribution in [1.29, 1.82) is 0 Å². The van der Waals surface area contributed by atoms with Crippen molar-refractivity contribution in [2.75, 3.05) is 7.05 Å². The Kier molecular flexibility index (Phi) is 5.87. The second-order valence-corrected chi connectivity index (χ2v) is 7.57. The zero-order valence-corrected chi connectivity index (χ0v) is 14.5. The van der Waals surface area contributed by atoms with Crippen LogP contribution >= 0.6 is 0 Å². The summed E-state index contributed by atoms with van der Waals surface area (Å²) in [5.74, 6) is 3.16. The second-order valence-electron chi connectivity index (χ2n) is 7.57. The van der Waals surface area contributed by atoms with Crippen LogP contribution in [0.5, 0.6) is 0 Å².